The molecule has 0 N–H and O–H groups in total. The highest BCUT2D eigenvalue weighted by Gasteiger charge is 1.99. The molecular weight excluding hydrogens is 182 g/mol. The lowest BCUT2D eigenvalue weighted by Crippen LogP contribution is -2.25. The van der Waals surface area contributed by atoms with Crippen molar-refractivity contribution in [1.82, 2.24) is 4.90 Å². The maximum absolute atomic E-state index is 3.66. The van der Waals surface area contributed by atoms with Crippen molar-refractivity contribution in [3.05, 3.63) is 37.0 Å². The molecule has 0 aliphatic heterocycles. The average Bonchev–Trinajstić information content (AvgIpc) is 2.27. The summed E-state index contributed by atoms with van der Waals surface area (Å²) in [4.78, 5) is 2.50. The van der Waals surface area contributed by atoms with E-state index < -0.39 is 0 Å². The van der Waals surface area contributed by atoms with Gasteiger partial charge in [-0.2, -0.15) is 0 Å². The molecule has 1 heteroatoms. The Balaban J connectivity index is 3.77. The Labute approximate surface area is 95.2 Å². The Morgan fingerprint density at radius 2 is 2.00 bits per heavy atom. The molecule has 86 valence electrons. The van der Waals surface area contributed by atoms with Gasteiger partial charge in [-0.05, 0) is 26.3 Å². The van der Waals surface area contributed by atoms with Gasteiger partial charge in [-0.15, -0.1) is 0 Å². The van der Waals surface area contributed by atoms with Crippen LogP contribution in [0.15, 0.2) is 37.0 Å². The quantitative estimate of drug-likeness (QED) is 0.410. The summed E-state index contributed by atoms with van der Waals surface area (Å²) >= 11 is 0. The van der Waals surface area contributed by atoms with Crippen molar-refractivity contribution < 1.29 is 0 Å². The lowest BCUT2D eigenvalue weighted by atomic mass is 10.2. The first-order valence-electron chi connectivity index (χ1n) is 5.96. The lowest BCUT2D eigenvalue weighted by Gasteiger charge is -2.19. The molecule has 0 spiro atoms. The normalized spacial score (nSPS) is 11.9. The Morgan fingerprint density at radius 1 is 1.20 bits per heavy atom. The van der Waals surface area contributed by atoms with Crippen LogP contribution >= 0.6 is 0 Å². The number of unbranched alkanes of at least 4 members (excludes halogenated alkanes) is 1. The summed E-state index contributed by atoms with van der Waals surface area (Å²) in [6, 6.07) is 0. The molecule has 0 fully saturated rings. The van der Waals surface area contributed by atoms with E-state index in [1.165, 1.54) is 19.4 Å². The van der Waals surface area contributed by atoms with Gasteiger partial charge in [0.1, 0.15) is 0 Å². The van der Waals surface area contributed by atoms with Crippen LogP contribution < -0.4 is 0 Å². The molecule has 0 saturated carbocycles. The van der Waals surface area contributed by atoms with E-state index in [0.29, 0.717) is 0 Å². The molecule has 0 aromatic heterocycles. The first kappa shape index (κ1) is 14.2. The molecule has 0 amide bonds. The van der Waals surface area contributed by atoms with Crippen LogP contribution in [0.25, 0.3) is 0 Å². The second-order valence-electron chi connectivity index (χ2n) is 3.68. The van der Waals surface area contributed by atoms with Gasteiger partial charge in [-0.1, -0.05) is 50.3 Å². The maximum Gasteiger partial charge on any atom is 0.0163 e. The highest BCUT2D eigenvalue weighted by molar-refractivity contribution is 4.97. The van der Waals surface area contributed by atoms with E-state index in [0.717, 1.165) is 19.5 Å². The SMILES string of the molecule is C=C/C=C/CCN(C/C=C/C)CCCC. The van der Waals surface area contributed by atoms with Gasteiger partial charge in [-0.25, -0.2) is 0 Å². The summed E-state index contributed by atoms with van der Waals surface area (Å²) < 4.78 is 0. The first-order valence-corrected chi connectivity index (χ1v) is 5.96. The van der Waals surface area contributed by atoms with Crippen LogP contribution in [0.3, 0.4) is 0 Å². The Bertz CT molecular complexity index is 192. The van der Waals surface area contributed by atoms with Gasteiger partial charge in [0.2, 0.25) is 0 Å². The summed E-state index contributed by atoms with van der Waals surface area (Å²) in [5, 5.41) is 0. The third-order valence-corrected chi connectivity index (χ3v) is 2.31. The zero-order valence-corrected chi connectivity index (χ0v) is 10.3. The summed E-state index contributed by atoms with van der Waals surface area (Å²) in [7, 11) is 0. The van der Waals surface area contributed by atoms with Crippen molar-refractivity contribution in [3.8, 4) is 0 Å². The first-order chi connectivity index (χ1) is 7.35. The van der Waals surface area contributed by atoms with Crippen molar-refractivity contribution in [2.24, 2.45) is 0 Å². The maximum atomic E-state index is 3.66. The van der Waals surface area contributed by atoms with Crippen molar-refractivity contribution in [2.75, 3.05) is 19.6 Å². The van der Waals surface area contributed by atoms with Crippen molar-refractivity contribution in [1.29, 1.82) is 0 Å². The molecule has 0 aromatic rings. The number of hydrogen-bond donors (Lipinski definition) is 0. The lowest BCUT2D eigenvalue weighted by molar-refractivity contribution is 0.303. The van der Waals surface area contributed by atoms with Crippen molar-refractivity contribution >= 4 is 0 Å². The average molecular weight is 207 g/mol. The number of rotatable bonds is 9. The van der Waals surface area contributed by atoms with E-state index >= 15 is 0 Å². The Hall–Kier alpha value is -0.820. The van der Waals surface area contributed by atoms with Crippen LogP contribution in [-0.2, 0) is 0 Å². The second kappa shape index (κ2) is 11.3. The molecule has 0 bridgehead atoms. The van der Waals surface area contributed by atoms with Gasteiger partial charge in [0.05, 0.1) is 0 Å². The van der Waals surface area contributed by atoms with E-state index in [1.807, 2.05) is 12.2 Å². The molecule has 15 heavy (non-hydrogen) atoms. The minimum Gasteiger partial charge on any atom is -0.299 e. The van der Waals surface area contributed by atoms with Gasteiger partial charge in [-0.3, -0.25) is 4.90 Å². The van der Waals surface area contributed by atoms with Crippen molar-refractivity contribution in [3.63, 3.8) is 0 Å². The molecule has 0 unspecified atom stereocenters. The Kier molecular flexibility index (Phi) is 10.6. The van der Waals surface area contributed by atoms with Gasteiger partial charge in [0.25, 0.3) is 0 Å². The molecular formula is C14H25N. The van der Waals surface area contributed by atoms with Crippen LogP contribution in [0.5, 0.6) is 0 Å². The van der Waals surface area contributed by atoms with Crippen LogP contribution in [-0.4, -0.2) is 24.5 Å². The zero-order chi connectivity index (χ0) is 11.4. The van der Waals surface area contributed by atoms with E-state index in [-0.39, 0.29) is 0 Å². The summed E-state index contributed by atoms with van der Waals surface area (Å²) in [6.07, 6.45) is 14.1. The minimum atomic E-state index is 1.08. The second-order valence-corrected chi connectivity index (χ2v) is 3.68. The Morgan fingerprint density at radius 3 is 2.60 bits per heavy atom. The summed E-state index contributed by atoms with van der Waals surface area (Å²) in [5.41, 5.74) is 0. The van der Waals surface area contributed by atoms with E-state index in [4.69, 9.17) is 0 Å². The van der Waals surface area contributed by atoms with Gasteiger partial charge >= 0.3 is 0 Å². The highest BCUT2D eigenvalue weighted by Crippen LogP contribution is 1.98. The van der Waals surface area contributed by atoms with Crippen molar-refractivity contribution in [2.45, 2.75) is 33.1 Å². The predicted molar refractivity (Wildman–Crippen MR) is 70.1 cm³/mol. The molecule has 0 rings (SSSR count). The predicted octanol–water partition coefficient (Wildman–Crippen LogP) is 3.80. The molecule has 0 aliphatic rings. The van der Waals surface area contributed by atoms with Gasteiger partial charge < -0.3 is 0 Å². The van der Waals surface area contributed by atoms with Crippen LogP contribution in [0, 0.1) is 0 Å². The van der Waals surface area contributed by atoms with E-state index in [1.54, 1.807) is 0 Å². The monoisotopic (exact) mass is 207 g/mol. The number of hydrogen-bond acceptors (Lipinski definition) is 1. The molecule has 0 atom stereocenters. The third-order valence-electron chi connectivity index (χ3n) is 2.31. The highest BCUT2D eigenvalue weighted by atomic mass is 15.1. The fraction of sp³-hybridized carbons (Fsp3) is 0.571. The molecule has 0 radical (unpaired) electrons. The molecule has 0 heterocycles. The standard InChI is InChI=1S/C14H25N/c1-4-7-10-11-14-15(12-8-5-2)13-9-6-3/h4-5,7-8,10H,1,6,9,11-14H2,2-3H3/b8-5+,10-7+. The molecule has 1 nitrogen and oxygen atoms in total. The fourth-order valence-corrected chi connectivity index (χ4v) is 1.38. The minimum absolute atomic E-state index is 1.08. The molecule has 0 saturated heterocycles. The summed E-state index contributed by atoms with van der Waals surface area (Å²) in [5.74, 6) is 0. The molecule has 0 aliphatic carbocycles. The van der Waals surface area contributed by atoms with E-state index in [2.05, 4.69) is 43.6 Å². The zero-order valence-electron chi connectivity index (χ0n) is 10.3. The van der Waals surface area contributed by atoms with E-state index in [9.17, 15) is 0 Å². The largest absolute Gasteiger partial charge is 0.299 e. The third kappa shape index (κ3) is 9.48. The van der Waals surface area contributed by atoms with Gasteiger partial charge in [0.15, 0.2) is 0 Å². The molecule has 0 aromatic carbocycles. The van der Waals surface area contributed by atoms with Crippen LogP contribution in [0.1, 0.15) is 33.1 Å². The number of nitrogens with zero attached hydrogens (tertiary/aromatic N) is 1. The van der Waals surface area contributed by atoms with Crippen LogP contribution in [0.4, 0.5) is 0 Å². The summed E-state index contributed by atoms with van der Waals surface area (Å²) in [6.45, 7) is 11.4. The number of allylic oxidation sites excluding steroid dienone is 3. The fourth-order valence-electron chi connectivity index (χ4n) is 1.38. The topological polar surface area (TPSA) is 3.24 Å². The van der Waals surface area contributed by atoms with Gasteiger partial charge in [0, 0.05) is 13.1 Å². The smallest absolute Gasteiger partial charge is 0.0163 e. The van der Waals surface area contributed by atoms with Crippen LogP contribution in [0.2, 0.25) is 0 Å².